The minimum atomic E-state index is -0.455. The van der Waals surface area contributed by atoms with Crippen LogP contribution < -0.4 is 20.7 Å². The van der Waals surface area contributed by atoms with Crippen LogP contribution in [-0.4, -0.2) is 41.3 Å². The number of urea groups is 1. The van der Waals surface area contributed by atoms with Crippen molar-refractivity contribution in [2.45, 2.75) is 46.8 Å². The van der Waals surface area contributed by atoms with Crippen LogP contribution in [0.2, 0.25) is 0 Å². The van der Waals surface area contributed by atoms with Gasteiger partial charge in [-0.25, -0.2) is 9.59 Å². The molecule has 9 heteroatoms. The lowest BCUT2D eigenvalue weighted by atomic mass is 9.94. The van der Waals surface area contributed by atoms with Gasteiger partial charge in [-0.2, -0.15) is 0 Å². The maximum Gasteiger partial charge on any atom is 0.338 e. The average molecular weight is 497 g/mol. The summed E-state index contributed by atoms with van der Waals surface area (Å²) in [6.45, 7) is 10.6. The monoisotopic (exact) mass is 496 g/mol. The third kappa shape index (κ3) is 6.51. The largest absolute Gasteiger partial charge is 0.494 e. The van der Waals surface area contributed by atoms with E-state index in [-0.39, 0.29) is 18.1 Å². The molecule has 1 atom stereocenters. The molecule has 2 amide bonds. The minimum Gasteiger partial charge on any atom is -0.494 e. The van der Waals surface area contributed by atoms with E-state index in [4.69, 9.17) is 21.7 Å². The van der Waals surface area contributed by atoms with Crippen molar-refractivity contribution in [2.75, 3.05) is 23.8 Å². The predicted molar refractivity (Wildman–Crippen MR) is 141 cm³/mol. The summed E-state index contributed by atoms with van der Waals surface area (Å²) in [5.41, 5.74) is 3.37. The van der Waals surface area contributed by atoms with Crippen molar-refractivity contribution in [1.29, 1.82) is 0 Å². The lowest BCUT2D eigenvalue weighted by Gasteiger charge is -2.37. The van der Waals surface area contributed by atoms with Crippen LogP contribution in [0.25, 0.3) is 0 Å². The first-order valence-corrected chi connectivity index (χ1v) is 12.0. The Morgan fingerprint density at radius 2 is 1.60 bits per heavy atom. The lowest BCUT2D eigenvalue weighted by molar-refractivity contribution is -0.143. The molecule has 1 aliphatic rings. The summed E-state index contributed by atoms with van der Waals surface area (Å²) in [5.74, 6) is 0.362. The number of amides is 2. The molecule has 3 rings (SSSR count). The van der Waals surface area contributed by atoms with Gasteiger partial charge in [-0.3, -0.25) is 0 Å². The molecule has 0 bridgehead atoms. The normalized spacial score (nSPS) is 15.5. The summed E-state index contributed by atoms with van der Waals surface area (Å²) in [5, 5.41) is 9.42. The molecule has 186 valence electrons. The highest BCUT2D eigenvalue weighted by Gasteiger charge is 2.34. The molecule has 0 radical (unpaired) electrons. The van der Waals surface area contributed by atoms with E-state index in [2.05, 4.69) is 16.0 Å². The van der Waals surface area contributed by atoms with Gasteiger partial charge in [0.05, 0.1) is 24.3 Å². The van der Waals surface area contributed by atoms with Crippen molar-refractivity contribution in [3.63, 3.8) is 0 Å². The van der Waals surface area contributed by atoms with Crippen LogP contribution in [0.1, 0.15) is 46.2 Å². The highest BCUT2D eigenvalue weighted by molar-refractivity contribution is 7.80. The van der Waals surface area contributed by atoms with E-state index in [9.17, 15) is 9.59 Å². The van der Waals surface area contributed by atoms with Crippen molar-refractivity contribution >= 4 is 40.7 Å². The maximum absolute atomic E-state index is 13.0. The first-order valence-electron chi connectivity index (χ1n) is 11.6. The number of carbonyl (C=O) groups is 2. The summed E-state index contributed by atoms with van der Waals surface area (Å²) in [6.07, 6.45) is -0.243. The van der Waals surface area contributed by atoms with Crippen molar-refractivity contribution in [3.05, 3.63) is 65.4 Å². The van der Waals surface area contributed by atoms with E-state index >= 15 is 0 Å². The van der Waals surface area contributed by atoms with Crippen LogP contribution in [0.15, 0.2) is 59.8 Å². The molecule has 0 fully saturated rings. The Morgan fingerprint density at radius 1 is 1.03 bits per heavy atom. The van der Waals surface area contributed by atoms with Crippen molar-refractivity contribution in [3.8, 4) is 5.75 Å². The van der Waals surface area contributed by atoms with Gasteiger partial charge in [0.1, 0.15) is 5.75 Å². The standard InChI is InChI=1S/C26H32N4O4S/c1-6-30-17(5)22(24(31)34-16(3)4)23(29-26(30)35)18-8-10-19(11-9-18)27-25(32)28-20-12-14-21(15-13-20)33-7-2/h8-16,23H,6-7H2,1-5H3,(H,29,35)(H2,27,28,32)/t23-/m1/s1. The van der Waals surface area contributed by atoms with E-state index in [1.54, 1.807) is 36.4 Å². The SMILES string of the molecule is CCOc1ccc(NC(=O)Nc2ccc([C@H]3NC(=S)N(CC)C(C)=C3C(=O)OC(C)C)cc2)cc1. The number of hydrogen-bond donors (Lipinski definition) is 3. The number of nitrogens with zero attached hydrogens (tertiary/aromatic N) is 1. The van der Waals surface area contributed by atoms with Gasteiger partial charge in [-0.15, -0.1) is 0 Å². The zero-order valence-electron chi connectivity index (χ0n) is 20.7. The number of nitrogens with one attached hydrogen (secondary N) is 3. The molecule has 0 spiro atoms. The van der Waals surface area contributed by atoms with E-state index in [1.165, 1.54) is 0 Å². The van der Waals surface area contributed by atoms with Gasteiger partial charge in [0.15, 0.2) is 5.11 Å². The average Bonchev–Trinajstić information content (AvgIpc) is 2.80. The molecule has 2 aromatic carbocycles. The summed E-state index contributed by atoms with van der Waals surface area (Å²) in [7, 11) is 0. The van der Waals surface area contributed by atoms with Crippen LogP contribution in [0, 0.1) is 0 Å². The summed E-state index contributed by atoms with van der Waals surface area (Å²) in [6, 6.07) is 13.6. The Labute approximate surface area is 211 Å². The fraction of sp³-hybridized carbons (Fsp3) is 0.346. The Morgan fingerprint density at radius 3 is 2.11 bits per heavy atom. The zero-order chi connectivity index (χ0) is 25.5. The minimum absolute atomic E-state index is 0.243. The molecule has 35 heavy (non-hydrogen) atoms. The second-order valence-electron chi connectivity index (χ2n) is 8.24. The van der Waals surface area contributed by atoms with Crippen LogP contribution in [0.5, 0.6) is 5.75 Å². The fourth-order valence-electron chi connectivity index (χ4n) is 3.81. The van der Waals surface area contributed by atoms with Crippen molar-refractivity contribution in [2.24, 2.45) is 0 Å². The Hall–Kier alpha value is -3.59. The van der Waals surface area contributed by atoms with Gasteiger partial charge in [-0.1, -0.05) is 12.1 Å². The van der Waals surface area contributed by atoms with Crippen molar-refractivity contribution in [1.82, 2.24) is 10.2 Å². The second-order valence-corrected chi connectivity index (χ2v) is 8.63. The molecule has 0 saturated carbocycles. The topological polar surface area (TPSA) is 91.9 Å². The molecule has 0 aliphatic carbocycles. The summed E-state index contributed by atoms with van der Waals surface area (Å²) < 4.78 is 10.9. The smallest absolute Gasteiger partial charge is 0.338 e. The number of hydrogen-bond acceptors (Lipinski definition) is 5. The molecule has 0 unspecified atom stereocenters. The number of rotatable bonds is 8. The van der Waals surface area contributed by atoms with E-state index in [0.29, 0.717) is 35.2 Å². The molecule has 0 saturated heterocycles. The van der Waals surface area contributed by atoms with Gasteiger partial charge in [0.2, 0.25) is 0 Å². The van der Waals surface area contributed by atoms with Gasteiger partial charge in [0, 0.05) is 23.6 Å². The second kappa shape index (κ2) is 11.7. The molecule has 8 nitrogen and oxygen atoms in total. The highest BCUT2D eigenvalue weighted by atomic mass is 32.1. The maximum atomic E-state index is 13.0. The Kier molecular flexibility index (Phi) is 8.70. The van der Waals surface area contributed by atoms with Gasteiger partial charge < -0.3 is 30.3 Å². The zero-order valence-corrected chi connectivity index (χ0v) is 21.5. The molecule has 1 aliphatic heterocycles. The fourth-order valence-corrected chi connectivity index (χ4v) is 4.19. The number of thiocarbonyl (C=S) groups is 1. The molecular formula is C26H32N4O4S. The summed E-state index contributed by atoms with van der Waals surface area (Å²) >= 11 is 5.53. The van der Waals surface area contributed by atoms with Crippen LogP contribution >= 0.6 is 12.2 Å². The quantitative estimate of drug-likeness (QED) is 0.341. The number of carbonyl (C=O) groups excluding carboxylic acids is 2. The molecule has 1 heterocycles. The number of ether oxygens (including phenoxy) is 2. The number of benzene rings is 2. The van der Waals surface area contributed by atoms with Gasteiger partial charge >= 0.3 is 12.0 Å². The van der Waals surface area contributed by atoms with E-state index in [1.807, 2.05) is 51.7 Å². The first-order chi connectivity index (χ1) is 16.7. The first kappa shape index (κ1) is 26.0. The number of anilines is 2. The predicted octanol–water partition coefficient (Wildman–Crippen LogP) is 5.21. The van der Waals surface area contributed by atoms with Gasteiger partial charge in [-0.05, 0) is 88.8 Å². The van der Waals surface area contributed by atoms with Crippen LogP contribution in [-0.2, 0) is 9.53 Å². The van der Waals surface area contributed by atoms with Crippen molar-refractivity contribution < 1.29 is 19.1 Å². The number of esters is 1. The van der Waals surface area contributed by atoms with Gasteiger partial charge in [0.25, 0.3) is 0 Å². The van der Waals surface area contributed by atoms with E-state index < -0.39 is 6.04 Å². The Bertz CT molecular complexity index is 1100. The number of allylic oxidation sites excluding steroid dienone is 1. The lowest BCUT2D eigenvalue weighted by Crippen LogP contribution is -2.47. The van der Waals surface area contributed by atoms with E-state index in [0.717, 1.165) is 17.0 Å². The highest BCUT2D eigenvalue weighted by Crippen LogP contribution is 2.32. The Balaban J connectivity index is 1.74. The van der Waals surface area contributed by atoms with Crippen LogP contribution in [0.3, 0.4) is 0 Å². The molecule has 3 N–H and O–H groups in total. The summed E-state index contributed by atoms with van der Waals surface area (Å²) in [4.78, 5) is 27.3. The molecule has 0 aromatic heterocycles. The molecule has 2 aromatic rings. The third-order valence-corrected chi connectivity index (χ3v) is 5.74. The van der Waals surface area contributed by atoms with Crippen LogP contribution in [0.4, 0.5) is 16.2 Å². The molecular weight excluding hydrogens is 464 g/mol. The third-order valence-electron chi connectivity index (χ3n) is 5.40.